The van der Waals surface area contributed by atoms with Gasteiger partial charge < -0.3 is 14.7 Å². The van der Waals surface area contributed by atoms with Crippen molar-refractivity contribution >= 4 is 11.9 Å². The van der Waals surface area contributed by atoms with Crippen LogP contribution in [0.15, 0.2) is 30.3 Å². The van der Waals surface area contributed by atoms with Gasteiger partial charge in [-0.1, -0.05) is 44.2 Å². The van der Waals surface area contributed by atoms with Crippen LogP contribution in [-0.4, -0.2) is 82.9 Å². The van der Waals surface area contributed by atoms with E-state index in [-0.39, 0.29) is 18.0 Å². The van der Waals surface area contributed by atoms with Crippen molar-refractivity contribution < 1.29 is 9.59 Å². The zero-order chi connectivity index (χ0) is 22.5. The highest BCUT2D eigenvalue weighted by Gasteiger charge is 2.39. The number of piperazine rings is 1. The molecule has 0 bridgehead atoms. The Morgan fingerprint density at radius 2 is 1.47 bits per heavy atom. The highest BCUT2D eigenvalue weighted by Crippen LogP contribution is 2.27. The lowest BCUT2D eigenvalue weighted by atomic mass is 9.92. The molecular weight excluding hydrogens is 400 g/mol. The number of carbonyl (C=O) groups is 2. The quantitative estimate of drug-likeness (QED) is 0.699. The second-order valence-corrected chi connectivity index (χ2v) is 9.77. The summed E-state index contributed by atoms with van der Waals surface area (Å²) in [4.78, 5) is 35.0. The summed E-state index contributed by atoms with van der Waals surface area (Å²) < 4.78 is 0. The average molecular weight is 441 g/mol. The summed E-state index contributed by atoms with van der Waals surface area (Å²) in [5, 5.41) is 0. The molecule has 4 rings (SSSR count). The number of rotatable bonds is 5. The van der Waals surface area contributed by atoms with Gasteiger partial charge in [-0.3, -0.25) is 9.69 Å². The molecule has 3 saturated heterocycles. The van der Waals surface area contributed by atoms with Crippen molar-refractivity contribution in [3.05, 3.63) is 35.9 Å². The number of amides is 3. The topological polar surface area (TPSA) is 47.1 Å². The maximum Gasteiger partial charge on any atom is 0.319 e. The third kappa shape index (κ3) is 5.11. The smallest absolute Gasteiger partial charge is 0.319 e. The number of nitrogens with zero attached hydrogens (tertiary/aromatic N) is 4. The predicted octanol–water partition coefficient (Wildman–Crippen LogP) is 3.82. The predicted molar refractivity (Wildman–Crippen MR) is 127 cm³/mol. The Kier molecular flexibility index (Phi) is 7.71. The van der Waals surface area contributed by atoms with Crippen molar-refractivity contribution in [3.63, 3.8) is 0 Å². The van der Waals surface area contributed by atoms with Crippen LogP contribution in [0, 0.1) is 5.92 Å². The highest BCUT2D eigenvalue weighted by atomic mass is 16.2. The van der Waals surface area contributed by atoms with Gasteiger partial charge in [-0.05, 0) is 44.1 Å². The molecule has 0 aromatic heterocycles. The van der Waals surface area contributed by atoms with E-state index >= 15 is 0 Å². The second-order valence-electron chi connectivity index (χ2n) is 9.77. The van der Waals surface area contributed by atoms with Crippen LogP contribution in [0.2, 0.25) is 0 Å². The Hall–Kier alpha value is -2.08. The fraction of sp³-hybridized carbons (Fsp3) is 0.692. The van der Waals surface area contributed by atoms with E-state index in [2.05, 4.69) is 54.0 Å². The zero-order valence-corrected chi connectivity index (χ0v) is 19.9. The molecule has 32 heavy (non-hydrogen) atoms. The van der Waals surface area contributed by atoms with Gasteiger partial charge in [0.1, 0.15) is 0 Å². The molecule has 6 heteroatoms. The molecule has 2 atom stereocenters. The van der Waals surface area contributed by atoms with Gasteiger partial charge in [-0.2, -0.15) is 0 Å². The van der Waals surface area contributed by atoms with Crippen LogP contribution in [0.25, 0.3) is 0 Å². The van der Waals surface area contributed by atoms with E-state index in [0.717, 1.165) is 71.2 Å². The Balaban J connectivity index is 1.35. The van der Waals surface area contributed by atoms with Crippen molar-refractivity contribution in [2.45, 2.75) is 71.0 Å². The molecule has 1 aromatic rings. The van der Waals surface area contributed by atoms with Crippen LogP contribution in [0.5, 0.6) is 0 Å². The summed E-state index contributed by atoms with van der Waals surface area (Å²) in [5.74, 6) is 0.382. The zero-order valence-electron chi connectivity index (χ0n) is 19.9. The molecule has 3 aliphatic heterocycles. The highest BCUT2D eigenvalue weighted by molar-refractivity contribution is 5.80. The summed E-state index contributed by atoms with van der Waals surface area (Å²) in [5.41, 5.74) is 1.34. The Morgan fingerprint density at radius 1 is 0.844 bits per heavy atom. The normalized spacial score (nSPS) is 25.4. The largest absolute Gasteiger partial charge is 0.337 e. The van der Waals surface area contributed by atoms with Gasteiger partial charge in [-0.25, -0.2) is 4.79 Å². The standard InChI is InChI=1S/C26H40N4O2/c1-3-23-20-30(24(4-2)19-29(23)18-21-10-6-5-7-11-21)25(31)22-12-16-28(17-13-22)26(32)27-14-8-9-15-27/h5-7,10-11,22-24H,3-4,8-9,12-20H2,1-2H3. The third-order valence-corrected chi connectivity index (χ3v) is 7.76. The van der Waals surface area contributed by atoms with E-state index in [0.29, 0.717) is 25.0 Å². The van der Waals surface area contributed by atoms with Crippen LogP contribution < -0.4 is 0 Å². The lowest BCUT2D eigenvalue weighted by molar-refractivity contribution is -0.144. The van der Waals surface area contributed by atoms with Gasteiger partial charge in [0.05, 0.1) is 0 Å². The van der Waals surface area contributed by atoms with E-state index in [1.54, 1.807) is 0 Å². The molecule has 3 aliphatic rings. The summed E-state index contributed by atoms with van der Waals surface area (Å²) in [7, 11) is 0. The molecule has 3 amide bonds. The van der Waals surface area contributed by atoms with Crippen molar-refractivity contribution in [3.8, 4) is 0 Å². The van der Waals surface area contributed by atoms with Gasteiger partial charge in [0.15, 0.2) is 0 Å². The summed E-state index contributed by atoms with van der Waals surface area (Å²) in [6.07, 6.45) is 5.88. The maximum absolute atomic E-state index is 13.6. The average Bonchev–Trinajstić information content (AvgIpc) is 3.38. The van der Waals surface area contributed by atoms with Crippen molar-refractivity contribution in [1.82, 2.24) is 19.6 Å². The summed E-state index contributed by atoms with van der Waals surface area (Å²) in [6.45, 7) is 10.4. The van der Waals surface area contributed by atoms with E-state index in [1.807, 2.05) is 9.80 Å². The summed E-state index contributed by atoms with van der Waals surface area (Å²) in [6, 6.07) is 11.5. The Bertz CT molecular complexity index is 756. The first-order valence-electron chi connectivity index (χ1n) is 12.7. The van der Waals surface area contributed by atoms with Gasteiger partial charge >= 0.3 is 6.03 Å². The first kappa shape index (κ1) is 23.1. The van der Waals surface area contributed by atoms with Crippen LogP contribution in [0.3, 0.4) is 0 Å². The fourth-order valence-corrected chi connectivity index (χ4v) is 5.69. The minimum absolute atomic E-state index is 0.0601. The van der Waals surface area contributed by atoms with Crippen LogP contribution in [0.4, 0.5) is 4.79 Å². The van der Waals surface area contributed by atoms with Crippen LogP contribution >= 0.6 is 0 Å². The van der Waals surface area contributed by atoms with Crippen LogP contribution in [0.1, 0.15) is 57.9 Å². The number of likely N-dealkylation sites (tertiary alicyclic amines) is 2. The van der Waals surface area contributed by atoms with E-state index < -0.39 is 0 Å². The van der Waals surface area contributed by atoms with E-state index in [9.17, 15) is 9.59 Å². The molecule has 1 aromatic carbocycles. The minimum atomic E-state index is 0.0601. The number of piperidine rings is 1. The molecule has 0 spiro atoms. The number of benzene rings is 1. The molecule has 2 unspecified atom stereocenters. The molecule has 0 radical (unpaired) electrons. The number of hydrogen-bond donors (Lipinski definition) is 0. The van der Waals surface area contributed by atoms with Gasteiger partial charge in [-0.15, -0.1) is 0 Å². The van der Waals surface area contributed by atoms with Crippen molar-refractivity contribution in [1.29, 1.82) is 0 Å². The molecule has 0 saturated carbocycles. The Morgan fingerprint density at radius 3 is 2.09 bits per heavy atom. The van der Waals surface area contributed by atoms with Gasteiger partial charge in [0.25, 0.3) is 0 Å². The Labute approximate surface area is 193 Å². The maximum atomic E-state index is 13.6. The van der Waals surface area contributed by atoms with Crippen LogP contribution in [-0.2, 0) is 11.3 Å². The molecule has 176 valence electrons. The van der Waals surface area contributed by atoms with Crippen molar-refractivity contribution in [2.24, 2.45) is 5.92 Å². The molecule has 6 nitrogen and oxygen atoms in total. The second kappa shape index (κ2) is 10.7. The minimum Gasteiger partial charge on any atom is -0.337 e. The molecular formula is C26H40N4O2. The summed E-state index contributed by atoms with van der Waals surface area (Å²) >= 11 is 0. The van der Waals surface area contributed by atoms with Crippen molar-refractivity contribution in [2.75, 3.05) is 39.3 Å². The molecule has 3 heterocycles. The van der Waals surface area contributed by atoms with E-state index in [1.165, 1.54) is 5.56 Å². The lowest BCUT2D eigenvalue weighted by Crippen LogP contribution is -2.60. The molecule has 3 fully saturated rings. The number of urea groups is 1. The first-order chi connectivity index (χ1) is 15.6. The van der Waals surface area contributed by atoms with Gasteiger partial charge in [0.2, 0.25) is 5.91 Å². The first-order valence-corrected chi connectivity index (χ1v) is 12.7. The lowest BCUT2D eigenvalue weighted by Gasteiger charge is -2.47. The van der Waals surface area contributed by atoms with E-state index in [4.69, 9.17) is 0 Å². The number of carbonyl (C=O) groups excluding carboxylic acids is 2. The van der Waals surface area contributed by atoms with Gasteiger partial charge in [0, 0.05) is 63.8 Å². The SMILES string of the molecule is CCC1CN(C(=O)C2CCN(C(=O)N3CCCC3)CC2)C(CC)CN1Cc1ccccc1. The molecule has 0 N–H and O–H groups in total. The third-order valence-electron chi connectivity index (χ3n) is 7.76. The monoisotopic (exact) mass is 440 g/mol. The number of hydrogen-bond acceptors (Lipinski definition) is 3. The molecule has 0 aliphatic carbocycles. The fourth-order valence-electron chi connectivity index (χ4n) is 5.69.